The number of aromatic nitrogens is 1. The van der Waals surface area contributed by atoms with Crippen LogP contribution in [0.5, 0.6) is 5.75 Å². The molecule has 34 heavy (non-hydrogen) atoms. The van der Waals surface area contributed by atoms with Crippen molar-refractivity contribution in [2.45, 2.75) is 23.8 Å². The molecule has 2 atom stereocenters. The van der Waals surface area contributed by atoms with Gasteiger partial charge in [0.15, 0.2) is 0 Å². The number of nitrogens with zero attached hydrogens (tertiary/aromatic N) is 2. The van der Waals surface area contributed by atoms with E-state index in [1.165, 1.54) is 23.5 Å². The molecule has 8 nitrogen and oxygen atoms in total. The second-order valence-corrected chi connectivity index (χ2v) is 10.6. The number of fused-ring (bicyclic) bond motifs is 4. The smallest absolute Gasteiger partial charge is 0.259 e. The van der Waals surface area contributed by atoms with Crippen molar-refractivity contribution < 1.29 is 17.9 Å². The molecule has 1 amide bonds. The van der Waals surface area contributed by atoms with Crippen molar-refractivity contribution in [2.75, 3.05) is 25.5 Å². The molecule has 2 bridgehead atoms. The molecular weight excluding hydrogens is 454 g/mol. The minimum Gasteiger partial charge on any atom is -0.496 e. The molecule has 176 valence electrons. The van der Waals surface area contributed by atoms with Gasteiger partial charge in [0.2, 0.25) is 10.0 Å². The Hall–Kier alpha value is -3.43. The molecule has 0 unspecified atom stereocenters. The largest absolute Gasteiger partial charge is 0.496 e. The molecule has 2 aromatic carbocycles. The van der Waals surface area contributed by atoms with Crippen LogP contribution in [0, 0.1) is 5.92 Å². The second kappa shape index (κ2) is 8.73. The number of amides is 1. The molecule has 3 aromatic rings. The van der Waals surface area contributed by atoms with E-state index in [9.17, 15) is 18.0 Å². The average molecular weight is 480 g/mol. The first kappa shape index (κ1) is 22.4. The van der Waals surface area contributed by atoms with Crippen molar-refractivity contribution in [1.82, 2.24) is 8.87 Å². The lowest BCUT2D eigenvalue weighted by Gasteiger charge is -2.42. The van der Waals surface area contributed by atoms with E-state index >= 15 is 0 Å². The summed E-state index contributed by atoms with van der Waals surface area (Å²) in [6, 6.07) is 18.3. The summed E-state index contributed by atoms with van der Waals surface area (Å²) < 4.78 is 35.3. The number of benzene rings is 2. The highest BCUT2D eigenvalue weighted by molar-refractivity contribution is 7.89. The highest BCUT2D eigenvalue weighted by Gasteiger charge is 2.39. The van der Waals surface area contributed by atoms with Crippen LogP contribution in [-0.4, -0.2) is 43.4 Å². The molecule has 1 aromatic heterocycles. The number of hydrogen-bond acceptors (Lipinski definition) is 5. The van der Waals surface area contributed by atoms with Gasteiger partial charge in [-0.25, -0.2) is 8.42 Å². The summed E-state index contributed by atoms with van der Waals surface area (Å²) in [5.41, 5.74) is 1.74. The summed E-state index contributed by atoms with van der Waals surface area (Å²) in [5.74, 6) is 0.209. The van der Waals surface area contributed by atoms with Crippen molar-refractivity contribution in [3.05, 3.63) is 88.3 Å². The third-order valence-corrected chi connectivity index (χ3v) is 8.39. The van der Waals surface area contributed by atoms with Gasteiger partial charge < -0.3 is 14.6 Å². The minimum atomic E-state index is -3.71. The Morgan fingerprint density at radius 1 is 0.971 bits per heavy atom. The quantitative estimate of drug-likeness (QED) is 0.607. The second-order valence-electron chi connectivity index (χ2n) is 8.70. The maximum atomic E-state index is 13.4. The van der Waals surface area contributed by atoms with E-state index in [0.717, 1.165) is 12.1 Å². The number of pyridine rings is 1. The number of anilines is 1. The van der Waals surface area contributed by atoms with Gasteiger partial charge in [-0.2, -0.15) is 4.31 Å². The maximum Gasteiger partial charge on any atom is 0.259 e. The summed E-state index contributed by atoms with van der Waals surface area (Å²) in [7, 11) is -2.21. The number of methoxy groups -OCH3 is 1. The number of sulfonamides is 1. The summed E-state index contributed by atoms with van der Waals surface area (Å²) in [6.07, 6.45) is 0.878. The van der Waals surface area contributed by atoms with Gasteiger partial charge in [0.1, 0.15) is 5.75 Å². The standard InChI is InChI=1S/C25H25N3O5S/c1-33-23-7-3-2-5-21(23)25(30)26-19-9-11-20(12-10-19)34(31,32)27-14-17-13-18(16-27)22-6-4-8-24(29)28(22)15-17/h2-12,17-18H,13-16H2,1H3,(H,26,30)/t17-,18+/m1/s1. The van der Waals surface area contributed by atoms with Crippen LogP contribution in [0.3, 0.4) is 0 Å². The normalized spacial score (nSPS) is 19.8. The first-order chi connectivity index (χ1) is 16.4. The summed E-state index contributed by atoms with van der Waals surface area (Å²) >= 11 is 0. The number of hydrogen-bond donors (Lipinski definition) is 1. The molecule has 0 saturated carbocycles. The van der Waals surface area contributed by atoms with Gasteiger partial charge in [0.25, 0.3) is 11.5 Å². The summed E-state index contributed by atoms with van der Waals surface area (Å²) in [6.45, 7) is 1.26. The van der Waals surface area contributed by atoms with Crippen LogP contribution < -0.4 is 15.6 Å². The molecule has 1 N–H and O–H groups in total. The zero-order chi connectivity index (χ0) is 23.9. The SMILES string of the molecule is COc1ccccc1C(=O)Nc1ccc(S(=O)(=O)N2C[C@H]3C[C@@H](C2)c2cccc(=O)n2C3)cc1. The van der Waals surface area contributed by atoms with Gasteiger partial charge in [0.05, 0.1) is 17.6 Å². The Balaban J connectivity index is 1.33. The molecule has 2 aliphatic rings. The van der Waals surface area contributed by atoms with Gasteiger partial charge in [-0.3, -0.25) is 9.59 Å². The van der Waals surface area contributed by atoms with E-state index in [-0.39, 0.29) is 28.2 Å². The van der Waals surface area contributed by atoms with Crippen LogP contribution in [0.15, 0.2) is 76.4 Å². The van der Waals surface area contributed by atoms with Gasteiger partial charge >= 0.3 is 0 Å². The van der Waals surface area contributed by atoms with E-state index in [0.29, 0.717) is 36.6 Å². The third kappa shape index (κ3) is 4.01. The molecule has 5 rings (SSSR count). The van der Waals surface area contributed by atoms with Gasteiger partial charge in [-0.15, -0.1) is 0 Å². The zero-order valence-electron chi connectivity index (χ0n) is 18.7. The number of rotatable bonds is 5. The monoisotopic (exact) mass is 479 g/mol. The molecule has 1 fully saturated rings. The Morgan fingerprint density at radius 3 is 2.50 bits per heavy atom. The average Bonchev–Trinajstić information content (AvgIpc) is 2.85. The number of ether oxygens (including phenoxy) is 1. The molecule has 2 aliphatic heterocycles. The Labute approximate surface area is 197 Å². The van der Waals surface area contributed by atoms with Crippen LogP contribution in [0.25, 0.3) is 0 Å². The van der Waals surface area contributed by atoms with Gasteiger partial charge in [-0.05, 0) is 54.8 Å². The molecular formula is C25H25N3O5S. The van der Waals surface area contributed by atoms with E-state index < -0.39 is 10.0 Å². The Kier molecular flexibility index (Phi) is 5.75. The highest BCUT2D eigenvalue weighted by atomic mass is 32.2. The number of piperidine rings is 1. The van der Waals surface area contributed by atoms with E-state index in [4.69, 9.17) is 4.74 Å². The molecule has 9 heteroatoms. The summed E-state index contributed by atoms with van der Waals surface area (Å²) in [5, 5.41) is 2.78. The Morgan fingerprint density at radius 2 is 1.74 bits per heavy atom. The van der Waals surface area contributed by atoms with Gasteiger partial charge in [-0.1, -0.05) is 18.2 Å². The lowest BCUT2D eigenvalue weighted by atomic mass is 9.84. The van der Waals surface area contributed by atoms with Crippen LogP contribution in [0.2, 0.25) is 0 Å². The first-order valence-electron chi connectivity index (χ1n) is 11.1. The number of carbonyl (C=O) groups is 1. The van der Waals surface area contributed by atoms with Gasteiger partial charge in [0, 0.05) is 43.0 Å². The van der Waals surface area contributed by atoms with Crippen LogP contribution in [0.1, 0.15) is 28.4 Å². The van der Waals surface area contributed by atoms with Crippen LogP contribution in [0.4, 0.5) is 5.69 Å². The molecule has 0 aliphatic carbocycles. The maximum absolute atomic E-state index is 13.4. The fourth-order valence-corrected chi connectivity index (χ4v) is 6.50. The number of nitrogens with one attached hydrogen (secondary N) is 1. The first-order valence-corrected chi connectivity index (χ1v) is 12.5. The number of carbonyl (C=O) groups excluding carboxylic acids is 1. The van der Waals surface area contributed by atoms with Crippen molar-refractivity contribution in [2.24, 2.45) is 5.92 Å². The fraction of sp³-hybridized carbons (Fsp3) is 0.280. The van der Waals surface area contributed by atoms with Crippen molar-refractivity contribution in [3.8, 4) is 5.75 Å². The molecule has 3 heterocycles. The Bertz CT molecular complexity index is 1400. The lowest BCUT2D eigenvalue weighted by molar-refractivity contribution is 0.102. The van der Waals surface area contributed by atoms with E-state index in [2.05, 4.69) is 5.32 Å². The predicted octanol–water partition coefficient (Wildman–Crippen LogP) is 2.92. The lowest BCUT2D eigenvalue weighted by Crippen LogP contribution is -2.48. The van der Waals surface area contributed by atoms with Crippen molar-refractivity contribution in [3.63, 3.8) is 0 Å². The third-order valence-electron chi connectivity index (χ3n) is 6.55. The molecule has 1 saturated heterocycles. The fourth-order valence-electron chi connectivity index (χ4n) is 4.94. The van der Waals surface area contributed by atoms with Crippen LogP contribution in [-0.2, 0) is 16.6 Å². The van der Waals surface area contributed by atoms with Crippen LogP contribution >= 0.6 is 0 Å². The summed E-state index contributed by atoms with van der Waals surface area (Å²) in [4.78, 5) is 25.0. The van der Waals surface area contributed by atoms with E-state index in [1.807, 2.05) is 6.07 Å². The molecule has 0 spiro atoms. The van der Waals surface area contributed by atoms with Crippen molar-refractivity contribution in [1.29, 1.82) is 0 Å². The highest BCUT2D eigenvalue weighted by Crippen LogP contribution is 2.37. The topological polar surface area (TPSA) is 97.7 Å². The zero-order valence-corrected chi connectivity index (χ0v) is 19.5. The predicted molar refractivity (Wildman–Crippen MR) is 128 cm³/mol. The molecule has 0 radical (unpaired) electrons. The number of para-hydroxylation sites is 1. The van der Waals surface area contributed by atoms with E-state index in [1.54, 1.807) is 53.1 Å². The van der Waals surface area contributed by atoms with Crippen molar-refractivity contribution >= 4 is 21.6 Å². The minimum absolute atomic E-state index is 0.00408.